The van der Waals surface area contributed by atoms with E-state index in [1.807, 2.05) is 0 Å². The van der Waals surface area contributed by atoms with Crippen LogP contribution in [0.1, 0.15) is 11.3 Å². The van der Waals surface area contributed by atoms with Gasteiger partial charge in [-0.3, -0.25) is 4.98 Å². The molecule has 1 aromatic heterocycles. The molecule has 0 bridgehead atoms. The van der Waals surface area contributed by atoms with Crippen LogP contribution in [-0.2, 0) is 6.18 Å². The Labute approximate surface area is 128 Å². The molecule has 0 saturated heterocycles. The van der Waals surface area contributed by atoms with Gasteiger partial charge in [0.05, 0.1) is 22.0 Å². The van der Waals surface area contributed by atoms with Crippen LogP contribution in [0.5, 0.6) is 0 Å². The molecule has 0 saturated carbocycles. The number of hydrogen-bond acceptors (Lipinski definition) is 3. The summed E-state index contributed by atoms with van der Waals surface area (Å²) in [5.41, 5.74) is 5.63. The molecule has 0 aliphatic carbocycles. The first-order valence-corrected chi connectivity index (χ1v) is 6.45. The Morgan fingerprint density at radius 1 is 1.24 bits per heavy atom. The van der Waals surface area contributed by atoms with E-state index in [-0.39, 0.29) is 15.7 Å². The van der Waals surface area contributed by atoms with Crippen LogP contribution < -0.4 is 11.1 Å². The molecule has 1 aromatic carbocycles. The number of benzene rings is 1. The van der Waals surface area contributed by atoms with E-state index in [0.29, 0.717) is 11.4 Å². The lowest BCUT2D eigenvalue weighted by molar-refractivity contribution is -0.137. The molecule has 8 heteroatoms. The van der Waals surface area contributed by atoms with Crippen molar-refractivity contribution in [2.24, 2.45) is 5.73 Å². The fraction of sp³-hybridized carbons (Fsp3) is 0.0769. The van der Waals surface area contributed by atoms with E-state index in [1.165, 1.54) is 18.3 Å². The van der Waals surface area contributed by atoms with Crippen molar-refractivity contribution in [1.82, 2.24) is 4.98 Å². The van der Waals surface area contributed by atoms with Crippen molar-refractivity contribution in [1.29, 1.82) is 0 Å². The van der Waals surface area contributed by atoms with Crippen molar-refractivity contribution in [3.63, 3.8) is 0 Å². The van der Waals surface area contributed by atoms with Crippen LogP contribution in [0, 0.1) is 0 Å². The second-order valence-corrected chi connectivity index (χ2v) is 4.96. The number of anilines is 2. The van der Waals surface area contributed by atoms with Gasteiger partial charge in [-0.1, -0.05) is 23.8 Å². The number of nitrogens with one attached hydrogen (secondary N) is 1. The van der Waals surface area contributed by atoms with Crippen molar-refractivity contribution >= 4 is 40.2 Å². The Hall–Kier alpha value is -1.86. The van der Waals surface area contributed by atoms with E-state index in [4.69, 9.17) is 29.6 Å². The molecule has 21 heavy (non-hydrogen) atoms. The molecule has 2 rings (SSSR count). The van der Waals surface area contributed by atoms with Crippen LogP contribution in [0.25, 0.3) is 0 Å². The molecule has 3 N–H and O–H groups in total. The number of nitrogens with two attached hydrogens (primary N) is 1. The van der Waals surface area contributed by atoms with Gasteiger partial charge in [0.1, 0.15) is 4.99 Å². The Kier molecular flexibility index (Phi) is 4.34. The van der Waals surface area contributed by atoms with Gasteiger partial charge < -0.3 is 11.1 Å². The first-order chi connectivity index (χ1) is 9.77. The van der Waals surface area contributed by atoms with E-state index in [1.54, 1.807) is 6.07 Å². The summed E-state index contributed by atoms with van der Waals surface area (Å²) in [6.07, 6.45) is -3.00. The number of thiocarbonyl (C=S) groups is 1. The monoisotopic (exact) mass is 331 g/mol. The van der Waals surface area contributed by atoms with Crippen LogP contribution in [-0.4, -0.2) is 9.97 Å². The van der Waals surface area contributed by atoms with Crippen molar-refractivity contribution in [2.45, 2.75) is 6.18 Å². The standard InChI is InChI=1S/C13H9ClF3N3S/c14-9-2-1-7(13(15,16)17)5-10(9)20-8-3-4-19-11(6-8)12(18)21/h1-6H,(H2,18,21)(H,19,20). The van der Waals surface area contributed by atoms with E-state index < -0.39 is 11.7 Å². The molecule has 0 aliphatic heterocycles. The second kappa shape index (κ2) is 5.87. The molecule has 1 heterocycles. The van der Waals surface area contributed by atoms with Crippen molar-refractivity contribution < 1.29 is 13.2 Å². The van der Waals surface area contributed by atoms with Crippen molar-refractivity contribution in [2.75, 3.05) is 5.32 Å². The minimum absolute atomic E-state index is 0.0915. The Bertz CT molecular complexity index is 689. The van der Waals surface area contributed by atoms with Crippen LogP contribution >= 0.6 is 23.8 Å². The van der Waals surface area contributed by atoms with Gasteiger partial charge in [-0.2, -0.15) is 13.2 Å². The minimum atomic E-state index is -4.44. The normalized spacial score (nSPS) is 11.2. The highest BCUT2D eigenvalue weighted by atomic mass is 35.5. The van der Waals surface area contributed by atoms with E-state index in [9.17, 15) is 13.2 Å². The summed E-state index contributed by atoms with van der Waals surface area (Å²) in [6.45, 7) is 0. The van der Waals surface area contributed by atoms with Crippen LogP contribution in [0.2, 0.25) is 5.02 Å². The van der Waals surface area contributed by atoms with Gasteiger partial charge in [-0.25, -0.2) is 0 Å². The summed E-state index contributed by atoms with van der Waals surface area (Å²) in [5.74, 6) is 0. The number of aromatic nitrogens is 1. The van der Waals surface area contributed by atoms with Crippen LogP contribution in [0.3, 0.4) is 0 Å². The number of hydrogen-bond donors (Lipinski definition) is 2. The number of nitrogens with zero attached hydrogens (tertiary/aromatic N) is 1. The van der Waals surface area contributed by atoms with Gasteiger partial charge in [0.25, 0.3) is 0 Å². The van der Waals surface area contributed by atoms with Gasteiger partial charge in [0, 0.05) is 11.9 Å². The maximum Gasteiger partial charge on any atom is 0.416 e. The molecule has 0 spiro atoms. The fourth-order valence-electron chi connectivity index (χ4n) is 1.60. The summed E-state index contributed by atoms with van der Waals surface area (Å²) in [4.78, 5) is 4.03. The minimum Gasteiger partial charge on any atom is -0.388 e. The zero-order chi connectivity index (χ0) is 15.6. The predicted octanol–water partition coefficient (Wildman–Crippen LogP) is 4.13. The third kappa shape index (κ3) is 3.83. The zero-order valence-electron chi connectivity index (χ0n) is 10.4. The molecule has 0 radical (unpaired) electrons. The quantitative estimate of drug-likeness (QED) is 0.830. The molecule has 0 aliphatic rings. The first-order valence-electron chi connectivity index (χ1n) is 5.67. The second-order valence-electron chi connectivity index (χ2n) is 4.11. The molecular formula is C13H9ClF3N3S. The summed E-state index contributed by atoms with van der Waals surface area (Å²) in [6, 6.07) is 6.13. The summed E-state index contributed by atoms with van der Waals surface area (Å²) >= 11 is 10.7. The summed E-state index contributed by atoms with van der Waals surface area (Å²) in [5, 5.41) is 2.96. The highest BCUT2D eigenvalue weighted by molar-refractivity contribution is 7.80. The molecule has 2 aromatic rings. The van der Waals surface area contributed by atoms with E-state index in [2.05, 4.69) is 10.3 Å². The molecule has 0 fully saturated rings. The number of rotatable bonds is 3. The Morgan fingerprint density at radius 2 is 1.95 bits per heavy atom. The average molecular weight is 332 g/mol. The highest BCUT2D eigenvalue weighted by Gasteiger charge is 2.30. The van der Waals surface area contributed by atoms with Gasteiger partial charge in [0.15, 0.2) is 0 Å². The maximum absolute atomic E-state index is 12.7. The average Bonchev–Trinajstić information content (AvgIpc) is 2.40. The number of alkyl halides is 3. The van der Waals surface area contributed by atoms with Gasteiger partial charge in [-0.15, -0.1) is 0 Å². The number of halogens is 4. The van der Waals surface area contributed by atoms with Gasteiger partial charge in [0.2, 0.25) is 0 Å². The lowest BCUT2D eigenvalue weighted by Crippen LogP contribution is -2.11. The zero-order valence-corrected chi connectivity index (χ0v) is 12.0. The lowest BCUT2D eigenvalue weighted by Gasteiger charge is -2.12. The summed E-state index contributed by atoms with van der Waals surface area (Å²) in [7, 11) is 0. The van der Waals surface area contributed by atoms with E-state index >= 15 is 0 Å². The van der Waals surface area contributed by atoms with Crippen molar-refractivity contribution in [3.05, 3.63) is 52.8 Å². The third-order valence-corrected chi connectivity index (χ3v) is 3.12. The third-order valence-electron chi connectivity index (χ3n) is 2.59. The predicted molar refractivity (Wildman–Crippen MR) is 79.9 cm³/mol. The molecule has 0 atom stereocenters. The first kappa shape index (κ1) is 15.5. The van der Waals surface area contributed by atoms with Gasteiger partial charge >= 0.3 is 6.18 Å². The van der Waals surface area contributed by atoms with Crippen LogP contribution in [0.4, 0.5) is 24.5 Å². The molecule has 0 amide bonds. The van der Waals surface area contributed by atoms with Gasteiger partial charge in [-0.05, 0) is 30.3 Å². The molecule has 110 valence electrons. The largest absolute Gasteiger partial charge is 0.416 e. The van der Waals surface area contributed by atoms with E-state index in [0.717, 1.165) is 12.1 Å². The Balaban J connectivity index is 2.35. The summed E-state index contributed by atoms with van der Waals surface area (Å²) < 4.78 is 38.1. The molecule has 0 unspecified atom stereocenters. The molecule has 3 nitrogen and oxygen atoms in total. The SMILES string of the molecule is NC(=S)c1cc(Nc2cc(C(F)(F)F)ccc2Cl)ccn1. The van der Waals surface area contributed by atoms with Crippen molar-refractivity contribution in [3.8, 4) is 0 Å². The van der Waals surface area contributed by atoms with Crippen LogP contribution in [0.15, 0.2) is 36.5 Å². The fourth-order valence-corrected chi connectivity index (χ4v) is 1.87. The Morgan fingerprint density at radius 3 is 2.57 bits per heavy atom. The smallest absolute Gasteiger partial charge is 0.388 e. The maximum atomic E-state index is 12.7. The topological polar surface area (TPSA) is 50.9 Å². The molecular weight excluding hydrogens is 323 g/mol. The highest BCUT2D eigenvalue weighted by Crippen LogP contribution is 2.34. The lowest BCUT2D eigenvalue weighted by atomic mass is 10.2. The number of pyridine rings is 1.